The predicted molar refractivity (Wildman–Crippen MR) is 100 cm³/mol. The molecule has 0 spiro atoms. The van der Waals surface area contributed by atoms with Crippen molar-refractivity contribution in [1.82, 2.24) is 14.6 Å². The van der Waals surface area contributed by atoms with Crippen LogP contribution in [0.4, 0.5) is 13.2 Å². The van der Waals surface area contributed by atoms with Crippen LogP contribution < -0.4 is 0 Å². The van der Waals surface area contributed by atoms with Crippen LogP contribution in [0.5, 0.6) is 0 Å². The van der Waals surface area contributed by atoms with E-state index < -0.39 is 37.2 Å². The number of alkyl halides is 3. The number of nitrogens with zero attached hydrogens (tertiary/aromatic N) is 3. The highest BCUT2D eigenvalue weighted by Crippen LogP contribution is 2.36. The maximum atomic E-state index is 12.9. The third kappa shape index (κ3) is 4.85. The molecule has 0 bridgehead atoms. The van der Waals surface area contributed by atoms with Crippen LogP contribution in [0.25, 0.3) is 5.82 Å². The van der Waals surface area contributed by atoms with Crippen LogP contribution >= 0.6 is 0 Å². The van der Waals surface area contributed by atoms with Gasteiger partial charge in [-0.1, -0.05) is 5.16 Å². The van der Waals surface area contributed by atoms with Crippen molar-refractivity contribution in [2.24, 2.45) is 5.92 Å². The van der Waals surface area contributed by atoms with Crippen LogP contribution in [-0.2, 0) is 9.53 Å². The Hall–Kier alpha value is -2.78. The summed E-state index contributed by atoms with van der Waals surface area (Å²) < 4.78 is 50.6. The summed E-state index contributed by atoms with van der Waals surface area (Å²) in [4.78, 5) is 25.7. The van der Waals surface area contributed by atoms with Crippen molar-refractivity contribution in [1.29, 1.82) is 0 Å². The lowest BCUT2D eigenvalue weighted by Crippen LogP contribution is -2.47. The van der Waals surface area contributed by atoms with Gasteiger partial charge in [0.2, 0.25) is 0 Å². The smallest absolute Gasteiger partial charge is 0.406 e. The first kappa shape index (κ1) is 21.9. The molecule has 1 saturated carbocycles. The predicted octanol–water partition coefficient (Wildman–Crippen LogP) is 3.74. The number of aromatic nitrogens is 2. The molecule has 10 heteroatoms. The number of amides is 1. The van der Waals surface area contributed by atoms with Crippen LogP contribution in [0.2, 0.25) is 0 Å². The van der Waals surface area contributed by atoms with E-state index in [1.807, 2.05) is 0 Å². The highest BCUT2D eigenvalue weighted by molar-refractivity contribution is 5.93. The van der Waals surface area contributed by atoms with E-state index in [0.29, 0.717) is 23.0 Å². The number of rotatable bonds is 7. The highest BCUT2D eigenvalue weighted by atomic mass is 19.4. The summed E-state index contributed by atoms with van der Waals surface area (Å²) in [5, 5.41) is 3.92. The van der Waals surface area contributed by atoms with Crippen molar-refractivity contribution in [3.63, 3.8) is 0 Å². The first-order valence-corrected chi connectivity index (χ1v) is 9.64. The summed E-state index contributed by atoms with van der Waals surface area (Å²) in [7, 11) is 0. The lowest BCUT2D eigenvalue weighted by molar-refractivity contribution is -0.167. The molecule has 0 radical (unpaired) electrons. The van der Waals surface area contributed by atoms with Gasteiger partial charge in [-0.15, -0.1) is 0 Å². The van der Waals surface area contributed by atoms with Crippen LogP contribution in [0.3, 0.4) is 0 Å². The Kier molecular flexibility index (Phi) is 5.96. The number of esters is 1. The summed E-state index contributed by atoms with van der Waals surface area (Å²) in [6.45, 7) is 4.67. The Morgan fingerprint density at radius 2 is 1.97 bits per heavy atom. The fourth-order valence-electron chi connectivity index (χ4n) is 3.55. The summed E-state index contributed by atoms with van der Waals surface area (Å²) in [6.07, 6.45) is -2.95. The van der Waals surface area contributed by atoms with E-state index in [2.05, 4.69) is 5.16 Å². The Bertz CT molecular complexity index is 944. The molecule has 0 N–H and O–H groups in total. The maximum absolute atomic E-state index is 12.9. The van der Waals surface area contributed by atoms with Gasteiger partial charge in [0.1, 0.15) is 12.3 Å². The maximum Gasteiger partial charge on any atom is 0.406 e. The Balaban J connectivity index is 1.70. The van der Waals surface area contributed by atoms with Gasteiger partial charge < -0.3 is 14.2 Å². The third-order valence-corrected chi connectivity index (χ3v) is 5.29. The van der Waals surface area contributed by atoms with Crippen molar-refractivity contribution in [3.8, 4) is 5.82 Å². The average molecular weight is 427 g/mol. The van der Waals surface area contributed by atoms with E-state index in [1.165, 1.54) is 0 Å². The van der Waals surface area contributed by atoms with E-state index in [4.69, 9.17) is 9.26 Å². The number of carbonyl (C=O) groups is 2. The fraction of sp³-hybridized carbons (Fsp3) is 0.550. The molecule has 0 aliphatic heterocycles. The lowest BCUT2D eigenvalue weighted by Gasteiger charge is -2.30. The molecular weight excluding hydrogens is 403 g/mol. The van der Waals surface area contributed by atoms with E-state index in [1.54, 1.807) is 44.4 Å². The largest absolute Gasteiger partial charge is 0.452 e. The molecule has 1 unspecified atom stereocenters. The van der Waals surface area contributed by atoms with Gasteiger partial charge in [0.05, 0.1) is 5.56 Å². The van der Waals surface area contributed by atoms with Gasteiger partial charge in [-0.05, 0) is 52.5 Å². The van der Waals surface area contributed by atoms with Crippen molar-refractivity contribution in [2.75, 3.05) is 13.2 Å². The van der Waals surface area contributed by atoms with Gasteiger partial charge in [-0.25, -0.2) is 4.79 Å². The van der Waals surface area contributed by atoms with Crippen LogP contribution in [-0.4, -0.2) is 51.9 Å². The van der Waals surface area contributed by atoms with E-state index in [0.717, 1.165) is 17.7 Å². The normalized spacial score (nSPS) is 15.2. The standard InChI is InChI=1S/C20H24F3N3O4/c1-11-7-16(14(4)26(11)17-8-12(2)30-24-17)19(28)29-9-18(27)25(10-20(21,22)23)13(3)15-5-6-15/h7-8,13,15H,5-6,9-10H2,1-4H3. The van der Waals surface area contributed by atoms with Crippen molar-refractivity contribution in [2.45, 2.75) is 52.8 Å². The Morgan fingerprint density at radius 3 is 2.50 bits per heavy atom. The topological polar surface area (TPSA) is 77.6 Å². The number of hydrogen-bond acceptors (Lipinski definition) is 5. The van der Waals surface area contributed by atoms with Crippen LogP contribution in [0.1, 0.15) is 47.3 Å². The minimum Gasteiger partial charge on any atom is -0.452 e. The van der Waals surface area contributed by atoms with Crippen molar-refractivity contribution < 1.29 is 32.0 Å². The second kappa shape index (κ2) is 8.16. The molecule has 164 valence electrons. The van der Waals surface area contributed by atoms with Gasteiger partial charge in [-0.3, -0.25) is 9.36 Å². The third-order valence-electron chi connectivity index (χ3n) is 5.29. The summed E-state index contributed by atoms with van der Waals surface area (Å²) in [5.74, 6) is -0.499. The molecule has 1 atom stereocenters. The number of aryl methyl sites for hydroxylation is 2. The van der Waals surface area contributed by atoms with E-state index in [-0.39, 0.29) is 11.5 Å². The van der Waals surface area contributed by atoms with Crippen molar-refractivity contribution in [3.05, 3.63) is 34.8 Å². The fourth-order valence-corrected chi connectivity index (χ4v) is 3.55. The molecular formula is C20H24F3N3O4. The summed E-state index contributed by atoms with van der Waals surface area (Å²) in [6, 6.07) is 2.72. The lowest BCUT2D eigenvalue weighted by atomic mass is 10.2. The molecule has 1 amide bonds. The second-order valence-corrected chi connectivity index (χ2v) is 7.71. The molecule has 1 aliphatic rings. The molecule has 0 aromatic carbocycles. The number of hydrogen-bond donors (Lipinski definition) is 0. The van der Waals surface area contributed by atoms with E-state index >= 15 is 0 Å². The molecule has 0 saturated heterocycles. The summed E-state index contributed by atoms with van der Waals surface area (Å²) in [5.41, 5.74) is 1.43. The zero-order valence-corrected chi connectivity index (χ0v) is 17.2. The van der Waals surface area contributed by atoms with Gasteiger partial charge in [0.25, 0.3) is 5.91 Å². The SMILES string of the molecule is Cc1cc(-n2c(C)cc(C(=O)OCC(=O)N(CC(F)(F)F)C(C)C3CC3)c2C)no1. The first-order chi connectivity index (χ1) is 14.0. The minimum atomic E-state index is -4.52. The molecule has 2 aromatic heterocycles. The molecule has 3 rings (SSSR count). The molecule has 7 nitrogen and oxygen atoms in total. The van der Waals surface area contributed by atoms with Crippen LogP contribution in [0, 0.1) is 26.7 Å². The Morgan fingerprint density at radius 1 is 1.30 bits per heavy atom. The Labute approximate surface area is 171 Å². The molecule has 2 heterocycles. The zero-order valence-electron chi connectivity index (χ0n) is 17.2. The molecule has 1 fully saturated rings. The zero-order chi connectivity index (χ0) is 22.2. The second-order valence-electron chi connectivity index (χ2n) is 7.71. The van der Waals surface area contributed by atoms with Gasteiger partial charge >= 0.3 is 12.1 Å². The monoisotopic (exact) mass is 427 g/mol. The van der Waals surface area contributed by atoms with Gasteiger partial charge in [0, 0.05) is 23.5 Å². The molecule has 30 heavy (non-hydrogen) atoms. The van der Waals surface area contributed by atoms with Gasteiger partial charge in [0.15, 0.2) is 12.4 Å². The number of ether oxygens (including phenoxy) is 1. The number of halogens is 3. The minimum absolute atomic E-state index is 0.0526. The number of carbonyl (C=O) groups excluding carboxylic acids is 2. The van der Waals surface area contributed by atoms with Gasteiger partial charge in [-0.2, -0.15) is 13.2 Å². The van der Waals surface area contributed by atoms with Crippen LogP contribution in [0.15, 0.2) is 16.7 Å². The molecule has 1 aliphatic carbocycles. The average Bonchev–Trinajstić information content (AvgIpc) is 3.35. The quantitative estimate of drug-likeness (QED) is 0.629. The molecule has 2 aromatic rings. The highest BCUT2D eigenvalue weighted by Gasteiger charge is 2.40. The van der Waals surface area contributed by atoms with E-state index in [9.17, 15) is 22.8 Å². The summed E-state index contributed by atoms with van der Waals surface area (Å²) >= 11 is 0. The van der Waals surface area contributed by atoms with Crippen molar-refractivity contribution >= 4 is 11.9 Å². The first-order valence-electron chi connectivity index (χ1n) is 9.64.